The highest BCUT2D eigenvalue weighted by Gasteiger charge is 2.20. The van der Waals surface area contributed by atoms with Crippen molar-refractivity contribution in [3.05, 3.63) is 35.1 Å². The van der Waals surface area contributed by atoms with Crippen molar-refractivity contribution >= 4 is 0 Å². The third-order valence-corrected chi connectivity index (χ3v) is 2.77. The van der Waals surface area contributed by atoms with Crippen LogP contribution in [-0.4, -0.2) is 6.54 Å². The molecule has 0 bridgehead atoms. The monoisotopic (exact) mass is 269 g/mol. The number of rotatable bonds is 6. The van der Waals surface area contributed by atoms with Gasteiger partial charge in [-0.3, -0.25) is 0 Å². The van der Waals surface area contributed by atoms with Crippen molar-refractivity contribution in [3.63, 3.8) is 0 Å². The van der Waals surface area contributed by atoms with E-state index in [0.717, 1.165) is 6.42 Å². The lowest BCUT2D eigenvalue weighted by atomic mass is 10.0. The van der Waals surface area contributed by atoms with Gasteiger partial charge < -0.3 is 5.32 Å². The fourth-order valence-electron chi connectivity index (χ4n) is 1.89. The molecule has 0 spiro atoms. The highest BCUT2D eigenvalue weighted by Crippen LogP contribution is 2.25. The van der Waals surface area contributed by atoms with Crippen LogP contribution >= 0.6 is 0 Å². The third kappa shape index (κ3) is 4.60. The molecule has 19 heavy (non-hydrogen) atoms. The Labute approximate surface area is 112 Å². The minimum Gasteiger partial charge on any atom is -0.310 e. The lowest BCUT2D eigenvalue weighted by molar-refractivity contribution is 0.442. The van der Waals surface area contributed by atoms with Gasteiger partial charge in [0.15, 0.2) is 0 Å². The summed E-state index contributed by atoms with van der Waals surface area (Å²) >= 11 is 0. The second-order valence-electron chi connectivity index (χ2n) is 4.26. The van der Waals surface area contributed by atoms with Crippen LogP contribution in [0.5, 0.6) is 0 Å². The van der Waals surface area contributed by atoms with E-state index in [1.54, 1.807) is 6.92 Å². The molecule has 1 unspecified atom stereocenters. The summed E-state index contributed by atoms with van der Waals surface area (Å²) in [4.78, 5) is 0. The summed E-state index contributed by atoms with van der Waals surface area (Å²) in [6.45, 7) is 4.32. The van der Waals surface area contributed by atoms with Crippen LogP contribution in [-0.2, 0) is 0 Å². The molecular formula is C15H18F3N. The van der Waals surface area contributed by atoms with E-state index in [9.17, 15) is 13.2 Å². The van der Waals surface area contributed by atoms with Crippen molar-refractivity contribution in [1.29, 1.82) is 0 Å². The molecule has 0 saturated heterocycles. The summed E-state index contributed by atoms with van der Waals surface area (Å²) in [5.74, 6) is 3.01. The quantitative estimate of drug-likeness (QED) is 0.771. The molecule has 0 aliphatic heterocycles. The van der Waals surface area contributed by atoms with E-state index < -0.39 is 23.5 Å². The summed E-state index contributed by atoms with van der Waals surface area (Å²) in [5.41, 5.74) is -0.104. The third-order valence-electron chi connectivity index (χ3n) is 2.77. The number of benzene rings is 1. The van der Waals surface area contributed by atoms with E-state index >= 15 is 0 Å². The van der Waals surface area contributed by atoms with Crippen LogP contribution < -0.4 is 5.32 Å². The van der Waals surface area contributed by atoms with Crippen LogP contribution in [0.25, 0.3) is 0 Å². The molecule has 104 valence electrons. The molecule has 0 radical (unpaired) electrons. The maximum absolute atomic E-state index is 13.7. The lowest BCUT2D eigenvalue weighted by Crippen LogP contribution is -2.24. The summed E-state index contributed by atoms with van der Waals surface area (Å²) in [5, 5.41) is 3.08. The number of halogens is 3. The zero-order valence-corrected chi connectivity index (χ0v) is 11.2. The Morgan fingerprint density at radius 2 is 1.84 bits per heavy atom. The molecule has 1 N–H and O–H groups in total. The van der Waals surface area contributed by atoms with E-state index in [1.165, 1.54) is 0 Å². The van der Waals surface area contributed by atoms with Crippen molar-refractivity contribution in [3.8, 4) is 11.8 Å². The van der Waals surface area contributed by atoms with Gasteiger partial charge in [0.1, 0.15) is 17.5 Å². The van der Waals surface area contributed by atoms with Crippen LogP contribution in [0.2, 0.25) is 0 Å². The number of nitrogens with one attached hydrogen (secondary N) is 1. The smallest absolute Gasteiger partial charge is 0.133 e. The van der Waals surface area contributed by atoms with Crippen molar-refractivity contribution in [2.24, 2.45) is 0 Å². The van der Waals surface area contributed by atoms with Gasteiger partial charge in [0.05, 0.1) is 0 Å². The Balaban J connectivity index is 2.97. The maximum atomic E-state index is 13.7. The normalized spacial score (nSPS) is 11.8. The van der Waals surface area contributed by atoms with Gasteiger partial charge >= 0.3 is 0 Å². The van der Waals surface area contributed by atoms with Crippen molar-refractivity contribution < 1.29 is 13.2 Å². The van der Waals surface area contributed by atoms with Crippen molar-refractivity contribution in [1.82, 2.24) is 5.32 Å². The van der Waals surface area contributed by atoms with Gasteiger partial charge in [0.2, 0.25) is 0 Å². The molecule has 1 nitrogen and oxygen atoms in total. The molecule has 1 atom stereocenters. The molecule has 0 saturated carbocycles. The molecule has 1 aromatic carbocycles. The average molecular weight is 269 g/mol. The fraction of sp³-hybridized carbons (Fsp3) is 0.467. The first-order valence-corrected chi connectivity index (χ1v) is 6.37. The van der Waals surface area contributed by atoms with Gasteiger partial charge in [-0.15, -0.1) is 11.8 Å². The van der Waals surface area contributed by atoms with E-state index in [1.807, 2.05) is 6.92 Å². The van der Waals surface area contributed by atoms with Gasteiger partial charge in [-0.05, 0) is 26.3 Å². The van der Waals surface area contributed by atoms with Crippen molar-refractivity contribution in [2.75, 3.05) is 6.54 Å². The van der Waals surface area contributed by atoms with E-state index in [0.29, 0.717) is 31.5 Å². The molecule has 1 aromatic rings. The molecule has 0 aromatic heterocycles. The number of hydrogen-bond donors (Lipinski definition) is 1. The second kappa shape index (κ2) is 7.85. The first-order valence-electron chi connectivity index (χ1n) is 6.37. The summed E-state index contributed by atoms with van der Waals surface area (Å²) < 4.78 is 40.4. The largest absolute Gasteiger partial charge is 0.310 e. The highest BCUT2D eigenvalue weighted by atomic mass is 19.1. The second-order valence-corrected chi connectivity index (χ2v) is 4.26. The van der Waals surface area contributed by atoms with Gasteiger partial charge in [0, 0.05) is 30.2 Å². The maximum Gasteiger partial charge on any atom is 0.133 e. The van der Waals surface area contributed by atoms with E-state index in [4.69, 9.17) is 0 Å². The first-order chi connectivity index (χ1) is 9.10. The van der Waals surface area contributed by atoms with E-state index in [-0.39, 0.29) is 5.56 Å². The highest BCUT2D eigenvalue weighted by molar-refractivity contribution is 5.24. The Kier molecular flexibility index (Phi) is 6.44. The topological polar surface area (TPSA) is 12.0 Å². The van der Waals surface area contributed by atoms with Crippen LogP contribution in [0.1, 0.15) is 44.7 Å². The van der Waals surface area contributed by atoms with Crippen LogP contribution in [0.15, 0.2) is 12.1 Å². The zero-order chi connectivity index (χ0) is 14.3. The summed E-state index contributed by atoms with van der Waals surface area (Å²) in [7, 11) is 0. The van der Waals surface area contributed by atoms with Gasteiger partial charge in [-0.25, -0.2) is 13.2 Å². The molecule has 0 aliphatic rings. The number of hydrogen-bond acceptors (Lipinski definition) is 1. The van der Waals surface area contributed by atoms with E-state index in [2.05, 4.69) is 17.2 Å². The van der Waals surface area contributed by atoms with Crippen LogP contribution in [0, 0.1) is 29.3 Å². The lowest BCUT2D eigenvalue weighted by Gasteiger charge is -2.19. The first kappa shape index (κ1) is 15.6. The minimum absolute atomic E-state index is 0.104. The van der Waals surface area contributed by atoms with Gasteiger partial charge in [-0.1, -0.05) is 6.92 Å². The SMILES string of the molecule is CC#CCCC(NCCC)c1c(F)cc(F)cc1F. The molecule has 0 aliphatic carbocycles. The molecule has 0 heterocycles. The molecule has 0 fully saturated rings. The molecule has 4 heteroatoms. The predicted molar refractivity (Wildman–Crippen MR) is 70.0 cm³/mol. The molecular weight excluding hydrogens is 251 g/mol. The molecule has 1 rings (SSSR count). The summed E-state index contributed by atoms with van der Waals surface area (Å²) in [6.07, 6.45) is 1.87. The Hall–Kier alpha value is -1.47. The Bertz CT molecular complexity index is 451. The minimum atomic E-state index is -0.902. The van der Waals surface area contributed by atoms with Crippen molar-refractivity contribution in [2.45, 2.75) is 39.2 Å². The standard InChI is InChI=1S/C15H18F3N/c1-3-5-6-7-14(19-8-4-2)15-12(17)9-11(16)10-13(15)18/h9-10,14,19H,4,6-8H2,1-2H3. The van der Waals surface area contributed by atoms with Crippen LogP contribution in [0.4, 0.5) is 13.2 Å². The summed E-state index contributed by atoms with van der Waals surface area (Å²) in [6, 6.07) is 0.941. The zero-order valence-electron chi connectivity index (χ0n) is 11.2. The predicted octanol–water partition coefficient (Wildman–Crippen LogP) is 3.95. The fourth-order valence-corrected chi connectivity index (χ4v) is 1.89. The molecule has 0 amide bonds. The average Bonchev–Trinajstić information content (AvgIpc) is 2.34. The van der Waals surface area contributed by atoms with Gasteiger partial charge in [-0.2, -0.15) is 0 Å². The Morgan fingerprint density at radius 1 is 1.21 bits per heavy atom. The van der Waals surface area contributed by atoms with Crippen LogP contribution in [0.3, 0.4) is 0 Å². The van der Waals surface area contributed by atoms with Gasteiger partial charge in [0.25, 0.3) is 0 Å². The Morgan fingerprint density at radius 3 is 2.37 bits per heavy atom.